The minimum atomic E-state index is -0.368. The number of hydrogen-bond donors (Lipinski definition) is 3. The van der Waals surface area contributed by atoms with Crippen molar-refractivity contribution in [1.29, 1.82) is 0 Å². The molecule has 1 aliphatic heterocycles. The number of carbonyl (C=O) groups is 2. The van der Waals surface area contributed by atoms with Crippen LogP contribution in [-0.2, 0) is 7.05 Å². The number of ketones is 1. The number of Topliss-reactive ketones (excluding diaryl/α,β-unsaturated/α-hetero) is 1. The van der Waals surface area contributed by atoms with Crippen LogP contribution in [0.4, 0.5) is 10.5 Å². The Hall–Kier alpha value is -4.53. The van der Waals surface area contributed by atoms with E-state index >= 15 is 0 Å². The monoisotopic (exact) mass is 485 g/mol. The lowest BCUT2D eigenvalue weighted by atomic mass is 10.0. The molecular weight excluding hydrogens is 458 g/mol. The molecule has 0 aliphatic carbocycles. The molecule has 2 amide bonds. The molecule has 1 aliphatic rings. The molecule has 0 fully saturated rings. The third-order valence-corrected chi connectivity index (χ3v) is 6.54. The number of carbonyl (C=O) groups excluding carboxylic acids is 2. The molecule has 3 heterocycles. The minimum Gasteiger partial charge on any atom is -0.497 e. The molecular formula is C27H27N5O4. The summed E-state index contributed by atoms with van der Waals surface area (Å²) < 4.78 is 13.4. The average Bonchev–Trinajstić information content (AvgIpc) is 3.45. The first-order valence-corrected chi connectivity index (χ1v) is 11.5. The van der Waals surface area contributed by atoms with Crippen molar-refractivity contribution in [2.75, 3.05) is 19.5 Å². The molecule has 0 spiro atoms. The van der Waals surface area contributed by atoms with Crippen LogP contribution in [-0.4, -0.2) is 40.7 Å². The Morgan fingerprint density at radius 3 is 2.64 bits per heavy atom. The van der Waals surface area contributed by atoms with E-state index in [0.717, 1.165) is 50.4 Å². The summed E-state index contributed by atoms with van der Waals surface area (Å²) >= 11 is 0. The van der Waals surface area contributed by atoms with Crippen LogP contribution in [0.15, 0.2) is 36.1 Å². The zero-order chi connectivity index (χ0) is 25.7. The normalized spacial score (nSPS) is 13.7. The van der Waals surface area contributed by atoms with Gasteiger partial charge in [0.2, 0.25) is 5.78 Å². The summed E-state index contributed by atoms with van der Waals surface area (Å²) in [5, 5.41) is 10.7. The Bertz CT molecular complexity index is 1590. The van der Waals surface area contributed by atoms with Crippen molar-refractivity contribution in [1.82, 2.24) is 20.1 Å². The van der Waals surface area contributed by atoms with E-state index in [4.69, 9.17) is 9.47 Å². The predicted molar refractivity (Wildman–Crippen MR) is 139 cm³/mol. The van der Waals surface area contributed by atoms with Crippen molar-refractivity contribution in [3.05, 3.63) is 64.2 Å². The maximum Gasteiger partial charge on any atom is 0.318 e. The van der Waals surface area contributed by atoms with E-state index in [0.29, 0.717) is 17.0 Å². The van der Waals surface area contributed by atoms with Crippen molar-refractivity contribution in [2.24, 2.45) is 7.05 Å². The third kappa shape index (κ3) is 3.69. The van der Waals surface area contributed by atoms with Crippen LogP contribution in [0.3, 0.4) is 0 Å². The fourth-order valence-electron chi connectivity index (χ4n) is 4.65. The quantitative estimate of drug-likeness (QED) is 0.357. The van der Waals surface area contributed by atoms with Crippen LogP contribution in [0.5, 0.6) is 11.5 Å². The summed E-state index contributed by atoms with van der Waals surface area (Å²) in [6.07, 6.45) is 1.77. The summed E-state index contributed by atoms with van der Waals surface area (Å²) in [4.78, 5) is 28.6. The van der Waals surface area contributed by atoms with Gasteiger partial charge in [-0.15, -0.1) is 0 Å². The second-order valence-corrected chi connectivity index (χ2v) is 8.80. The maximum absolute atomic E-state index is 13.4. The van der Waals surface area contributed by atoms with Crippen LogP contribution < -0.4 is 20.1 Å². The molecule has 2 aromatic carbocycles. The number of rotatable bonds is 4. The number of nitrogens with one attached hydrogen (secondary N) is 3. The fourth-order valence-corrected chi connectivity index (χ4v) is 4.65. The van der Waals surface area contributed by atoms with E-state index in [1.165, 1.54) is 7.05 Å². The van der Waals surface area contributed by atoms with Gasteiger partial charge in [0.05, 0.1) is 24.1 Å². The van der Waals surface area contributed by atoms with Crippen LogP contribution in [0, 0.1) is 20.8 Å². The number of urea groups is 1. The van der Waals surface area contributed by atoms with Gasteiger partial charge in [-0.1, -0.05) is 0 Å². The Balaban J connectivity index is 1.68. The van der Waals surface area contributed by atoms with Crippen molar-refractivity contribution in [3.8, 4) is 22.8 Å². The second kappa shape index (κ2) is 8.60. The molecule has 0 bridgehead atoms. The standard InChI is InChI=1S/C27H27N5O4/c1-13-9-17(35-6)11-18-19(25(30-24(13)18)23-14(2)31-32(5)15(23)3)12-22-26(33)20-10-16(29-27(34)28-4)7-8-21(20)36-22/h7-12,30H,1-6H3,(H2,28,29,34). The molecule has 4 aromatic rings. The number of aromatic amines is 1. The average molecular weight is 486 g/mol. The van der Waals surface area contributed by atoms with E-state index in [2.05, 4.69) is 20.7 Å². The SMILES string of the molecule is CNC(=O)Nc1ccc2c(c1)C(=O)C(=Cc1c(-c3c(C)nn(C)c3C)[nH]c3c(C)cc(OC)cc13)O2. The van der Waals surface area contributed by atoms with Gasteiger partial charge in [-0.05, 0) is 62.7 Å². The number of ether oxygens (including phenoxy) is 2. The first-order chi connectivity index (χ1) is 17.2. The summed E-state index contributed by atoms with van der Waals surface area (Å²) in [5.41, 5.74) is 7.35. The largest absolute Gasteiger partial charge is 0.497 e. The smallest absolute Gasteiger partial charge is 0.318 e. The number of fused-ring (bicyclic) bond motifs is 2. The molecule has 0 unspecified atom stereocenters. The van der Waals surface area contributed by atoms with E-state index in [9.17, 15) is 9.59 Å². The first-order valence-electron chi connectivity index (χ1n) is 11.5. The molecule has 5 rings (SSSR count). The zero-order valence-corrected chi connectivity index (χ0v) is 21.0. The molecule has 2 aromatic heterocycles. The van der Waals surface area contributed by atoms with Gasteiger partial charge in [-0.25, -0.2) is 4.79 Å². The summed E-state index contributed by atoms with van der Waals surface area (Å²) in [5.74, 6) is 1.10. The van der Waals surface area contributed by atoms with Gasteiger partial charge in [-0.3, -0.25) is 9.48 Å². The molecule has 0 saturated carbocycles. The Morgan fingerprint density at radius 1 is 1.19 bits per heavy atom. The van der Waals surface area contributed by atoms with Gasteiger partial charge in [0.15, 0.2) is 5.76 Å². The highest BCUT2D eigenvalue weighted by molar-refractivity contribution is 6.16. The lowest BCUT2D eigenvalue weighted by Crippen LogP contribution is -2.24. The number of methoxy groups -OCH3 is 1. The van der Waals surface area contributed by atoms with Crippen LogP contribution >= 0.6 is 0 Å². The van der Waals surface area contributed by atoms with Crippen molar-refractivity contribution >= 4 is 34.5 Å². The van der Waals surface area contributed by atoms with Crippen molar-refractivity contribution < 1.29 is 19.1 Å². The van der Waals surface area contributed by atoms with Gasteiger partial charge < -0.3 is 25.1 Å². The van der Waals surface area contributed by atoms with E-state index in [1.54, 1.807) is 31.4 Å². The van der Waals surface area contributed by atoms with Crippen LogP contribution in [0.2, 0.25) is 0 Å². The molecule has 9 heteroatoms. The lowest BCUT2D eigenvalue weighted by Gasteiger charge is -2.05. The Kier molecular flexibility index (Phi) is 5.55. The molecule has 36 heavy (non-hydrogen) atoms. The predicted octanol–water partition coefficient (Wildman–Crippen LogP) is 4.87. The summed E-state index contributed by atoms with van der Waals surface area (Å²) in [7, 11) is 5.07. The van der Waals surface area contributed by atoms with Crippen molar-refractivity contribution in [3.63, 3.8) is 0 Å². The minimum absolute atomic E-state index is 0.198. The number of nitrogens with zero attached hydrogens (tertiary/aromatic N) is 2. The van der Waals surface area contributed by atoms with Crippen LogP contribution in [0.25, 0.3) is 28.2 Å². The third-order valence-electron chi connectivity index (χ3n) is 6.54. The molecule has 9 nitrogen and oxygen atoms in total. The zero-order valence-electron chi connectivity index (χ0n) is 21.0. The number of hydrogen-bond acceptors (Lipinski definition) is 5. The number of H-pyrrole nitrogens is 1. The first kappa shape index (κ1) is 23.2. The number of benzene rings is 2. The summed E-state index contributed by atoms with van der Waals surface area (Å²) in [6.45, 7) is 5.99. The summed E-state index contributed by atoms with van der Waals surface area (Å²) in [6, 6.07) is 8.54. The number of aromatic nitrogens is 3. The lowest BCUT2D eigenvalue weighted by molar-refractivity contribution is 0.101. The Labute approximate surface area is 208 Å². The second-order valence-electron chi connectivity index (χ2n) is 8.80. The Morgan fingerprint density at radius 2 is 1.97 bits per heavy atom. The number of aryl methyl sites for hydroxylation is 3. The molecule has 0 atom stereocenters. The van der Waals surface area contributed by atoms with Crippen LogP contribution in [0.1, 0.15) is 32.9 Å². The van der Waals surface area contributed by atoms with Crippen molar-refractivity contribution in [2.45, 2.75) is 20.8 Å². The van der Waals surface area contributed by atoms with Gasteiger partial charge in [0.1, 0.15) is 11.5 Å². The molecule has 0 radical (unpaired) electrons. The van der Waals surface area contributed by atoms with E-state index < -0.39 is 0 Å². The fraction of sp³-hybridized carbons (Fsp3) is 0.222. The van der Waals surface area contributed by atoms with Gasteiger partial charge in [0, 0.05) is 47.5 Å². The van der Waals surface area contributed by atoms with E-state index in [1.807, 2.05) is 44.6 Å². The van der Waals surface area contributed by atoms with Gasteiger partial charge in [0.25, 0.3) is 0 Å². The number of allylic oxidation sites excluding steroid dienone is 1. The molecule has 3 N–H and O–H groups in total. The highest BCUT2D eigenvalue weighted by Crippen LogP contribution is 2.40. The van der Waals surface area contributed by atoms with Gasteiger partial charge >= 0.3 is 6.03 Å². The highest BCUT2D eigenvalue weighted by atomic mass is 16.5. The number of amides is 2. The highest BCUT2D eigenvalue weighted by Gasteiger charge is 2.29. The van der Waals surface area contributed by atoms with E-state index in [-0.39, 0.29) is 17.6 Å². The maximum atomic E-state index is 13.4. The van der Waals surface area contributed by atoms with Gasteiger partial charge in [-0.2, -0.15) is 5.10 Å². The molecule has 184 valence electrons. The number of anilines is 1. The topological polar surface area (TPSA) is 110 Å². The molecule has 0 saturated heterocycles.